The average Bonchev–Trinajstić information content (AvgIpc) is 2.64. The predicted octanol–water partition coefficient (Wildman–Crippen LogP) is 3.44. The third kappa shape index (κ3) is 2.28. The molecular formula is C11H9ClF3N3. The molecule has 0 radical (unpaired) electrons. The summed E-state index contributed by atoms with van der Waals surface area (Å²) >= 11 is 5.88. The highest BCUT2D eigenvalue weighted by Gasteiger charge is 2.36. The number of benzene rings is 1. The first-order valence-electron chi connectivity index (χ1n) is 4.98. The van der Waals surface area contributed by atoms with Gasteiger partial charge in [-0.1, -0.05) is 17.7 Å². The van der Waals surface area contributed by atoms with Gasteiger partial charge in [0.15, 0.2) is 0 Å². The summed E-state index contributed by atoms with van der Waals surface area (Å²) in [5.41, 5.74) is 5.38. The van der Waals surface area contributed by atoms with Crippen LogP contribution in [0.2, 0.25) is 5.02 Å². The molecule has 7 heteroatoms. The lowest BCUT2D eigenvalue weighted by Crippen LogP contribution is -2.13. The van der Waals surface area contributed by atoms with Gasteiger partial charge in [-0.25, -0.2) is 4.68 Å². The van der Waals surface area contributed by atoms with Gasteiger partial charge in [-0.05, 0) is 24.6 Å². The number of alkyl halides is 3. The van der Waals surface area contributed by atoms with Gasteiger partial charge in [-0.3, -0.25) is 0 Å². The number of nitrogens with two attached hydrogens (primary N) is 1. The summed E-state index contributed by atoms with van der Waals surface area (Å²) in [5, 5.41) is 4.00. The Bertz CT molecular complexity index is 590. The molecule has 0 aliphatic heterocycles. The molecule has 0 bridgehead atoms. The Balaban J connectivity index is 2.60. The highest BCUT2D eigenvalue weighted by molar-refractivity contribution is 6.31. The third-order valence-electron chi connectivity index (χ3n) is 2.42. The van der Waals surface area contributed by atoms with Crippen LogP contribution >= 0.6 is 11.6 Å². The number of aromatic nitrogens is 2. The van der Waals surface area contributed by atoms with Gasteiger partial charge in [0.25, 0.3) is 0 Å². The van der Waals surface area contributed by atoms with Crippen molar-refractivity contribution in [2.45, 2.75) is 13.1 Å². The summed E-state index contributed by atoms with van der Waals surface area (Å²) < 4.78 is 39.1. The normalized spacial score (nSPS) is 11.8. The van der Waals surface area contributed by atoms with Crippen LogP contribution in [0.5, 0.6) is 0 Å². The minimum absolute atomic E-state index is 0.195. The molecular weight excluding hydrogens is 267 g/mol. The maximum atomic E-state index is 12.8. The van der Waals surface area contributed by atoms with Crippen molar-refractivity contribution in [1.29, 1.82) is 0 Å². The van der Waals surface area contributed by atoms with Crippen molar-refractivity contribution < 1.29 is 13.2 Å². The fourth-order valence-corrected chi connectivity index (χ4v) is 1.69. The van der Waals surface area contributed by atoms with Crippen molar-refractivity contribution in [3.63, 3.8) is 0 Å². The summed E-state index contributed by atoms with van der Waals surface area (Å²) in [5.74, 6) is -0.195. The zero-order valence-corrected chi connectivity index (χ0v) is 10.0. The molecule has 0 fully saturated rings. The Hall–Kier alpha value is -1.69. The summed E-state index contributed by atoms with van der Waals surface area (Å²) in [7, 11) is 0. The van der Waals surface area contributed by atoms with Gasteiger partial charge in [-0.15, -0.1) is 0 Å². The van der Waals surface area contributed by atoms with Crippen LogP contribution in [-0.4, -0.2) is 9.78 Å². The molecule has 1 aromatic heterocycles. The van der Waals surface area contributed by atoms with Crippen molar-refractivity contribution in [3.05, 3.63) is 40.5 Å². The zero-order chi connectivity index (χ0) is 13.5. The van der Waals surface area contributed by atoms with Crippen LogP contribution < -0.4 is 5.73 Å². The third-order valence-corrected chi connectivity index (χ3v) is 2.83. The molecule has 0 aliphatic rings. The van der Waals surface area contributed by atoms with E-state index in [4.69, 9.17) is 17.3 Å². The monoisotopic (exact) mass is 275 g/mol. The molecule has 0 aliphatic carbocycles. The quantitative estimate of drug-likeness (QED) is 0.866. The summed E-state index contributed by atoms with van der Waals surface area (Å²) in [4.78, 5) is 0. The summed E-state index contributed by atoms with van der Waals surface area (Å²) in [6.45, 7) is 1.76. The summed E-state index contributed by atoms with van der Waals surface area (Å²) in [6.07, 6.45) is -4.53. The Morgan fingerprint density at radius 3 is 2.50 bits per heavy atom. The van der Waals surface area contributed by atoms with E-state index < -0.39 is 11.9 Å². The van der Waals surface area contributed by atoms with Crippen molar-refractivity contribution >= 4 is 17.4 Å². The smallest absolute Gasteiger partial charge is 0.382 e. The molecule has 1 aromatic carbocycles. The fraction of sp³-hybridized carbons (Fsp3) is 0.182. The fourth-order valence-electron chi connectivity index (χ4n) is 1.51. The molecule has 0 spiro atoms. The van der Waals surface area contributed by atoms with E-state index >= 15 is 0 Å². The minimum atomic E-state index is -4.53. The van der Waals surface area contributed by atoms with Gasteiger partial charge in [0, 0.05) is 11.1 Å². The van der Waals surface area contributed by atoms with Gasteiger partial charge in [-0.2, -0.15) is 18.3 Å². The highest BCUT2D eigenvalue weighted by atomic mass is 35.5. The van der Waals surface area contributed by atoms with Crippen molar-refractivity contribution in [2.75, 3.05) is 5.73 Å². The van der Waals surface area contributed by atoms with E-state index in [1.807, 2.05) is 0 Å². The van der Waals surface area contributed by atoms with Crippen LogP contribution in [0.3, 0.4) is 0 Å². The summed E-state index contributed by atoms with van der Waals surface area (Å²) in [6, 6.07) is 5.32. The van der Waals surface area contributed by atoms with E-state index in [9.17, 15) is 13.2 Å². The van der Waals surface area contributed by atoms with Crippen LogP contribution in [0.1, 0.15) is 11.3 Å². The van der Waals surface area contributed by atoms with E-state index in [1.54, 1.807) is 13.0 Å². The van der Waals surface area contributed by atoms with E-state index in [1.165, 1.54) is 12.1 Å². The molecule has 2 rings (SSSR count). The minimum Gasteiger partial charge on any atom is -0.382 e. The second-order valence-electron chi connectivity index (χ2n) is 3.80. The molecule has 1 heterocycles. The Morgan fingerprint density at radius 2 is 1.94 bits per heavy atom. The standard InChI is InChI=1S/C11H9ClF3N3/c1-6-2-3-7(4-8(6)12)18-9(11(13,14)15)5-10(16)17-18/h2-5H,1H3,(H2,16,17). The lowest BCUT2D eigenvalue weighted by Gasteiger charge is -2.10. The predicted molar refractivity (Wildman–Crippen MR) is 62.7 cm³/mol. The zero-order valence-electron chi connectivity index (χ0n) is 9.29. The highest BCUT2D eigenvalue weighted by Crippen LogP contribution is 2.32. The maximum absolute atomic E-state index is 12.8. The number of rotatable bonds is 1. The lowest BCUT2D eigenvalue weighted by atomic mass is 10.2. The van der Waals surface area contributed by atoms with Crippen molar-refractivity contribution in [2.24, 2.45) is 0 Å². The van der Waals surface area contributed by atoms with Crippen LogP contribution in [-0.2, 0) is 6.18 Å². The first kappa shape index (κ1) is 12.8. The Labute approximate surface area is 106 Å². The van der Waals surface area contributed by atoms with E-state index in [0.717, 1.165) is 16.3 Å². The number of hydrogen-bond donors (Lipinski definition) is 1. The molecule has 0 saturated carbocycles. The van der Waals surface area contributed by atoms with Gasteiger partial charge < -0.3 is 5.73 Å². The van der Waals surface area contributed by atoms with Crippen molar-refractivity contribution in [3.8, 4) is 5.69 Å². The van der Waals surface area contributed by atoms with Gasteiger partial charge in [0.05, 0.1) is 5.69 Å². The van der Waals surface area contributed by atoms with E-state index in [0.29, 0.717) is 5.02 Å². The van der Waals surface area contributed by atoms with Gasteiger partial charge in [0.2, 0.25) is 0 Å². The lowest BCUT2D eigenvalue weighted by molar-refractivity contribution is -0.142. The second kappa shape index (κ2) is 4.20. The van der Waals surface area contributed by atoms with Gasteiger partial charge in [0.1, 0.15) is 11.5 Å². The maximum Gasteiger partial charge on any atom is 0.433 e. The molecule has 0 amide bonds. The van der Waals surface area contributed by atoms with Crippen LogP contribution in [0, 0.1) is 6.92 Å². The number of nitrogen functional groups attached to an aromatic ring is 1. The SMILES string of the molecule is Cc1ccc(-n2nc(N)cc2C(F)(F)F)cc1Cl. The number of halogens is 4. The number of nitrogens with zero attached hydrogens (tertiary/aromatic N) is 2. The molecule has 18 heavy (non-hydrogen) atoms. The Kier molecular flexibility index (Phi) is 2.98. The molecule has 96 valence electrons. The van der Waals surface area contributed by atoms with Gasteiger partial charge >= 0.3 is 6.18 Å². The van der Waals surface area contributed by atoms with Crippen molar-refractivity contribution in [1.82, 2.24) is 9.78 Å². The molecule has 2 aromatic rings. The Morgan fingerprint density at radius 1 is 1.28 bits per heavy atom. The van der Waals surface area contributed by atoms with Crippen LogP contribution in [0.4, 0.5) is 19.0 Å². The second-order valence-corrected chi connectivity index (χ2v) is 4.20. The van der Waals surface area contributed by atoms with Crippen LogP contribution in [0.25, 0.3) is 5.69 Å². The molecule has 0 atom stereocenters. The molecule has 2 N–H and O–H groups in total. The number of anilines is 1. The largest absolute Gasteiger partial charge is 0.433 e. The van der Waals surface area contributed by atoms with Crippen LogP contribution in [0.15, 0.2) is 24.3 Å². The molecule has 0 unspecified atom stereocenters. The number of hydrogen-bond acceptors (Lipinski definition) is 2. The van der Waals surface area contributed by atoms with E-state index in [-0.39, 0.29) is 11.5 Å². The van der Waals surface area contributed by atoms with E-state index in [2.05, 4.69) is 5.10 Å². The first-order chi connectivity index (χ1) is 8.29. The first-order valence-corrected chi connectivity index (χ1v) is 5.36. The molecule has 3 nitrogen and oxygen atoms in total. The topological polar surface area (TPSA) is 43.8 Å². The number of aryl methyl sites for hydroxylation is 1. The molecule has 0 saturated heterocycles. The average molecular weight is 276 g/mol.